The molecule has 142 valence electrons. The number of hydrogen-bond donors (Lipinski definition) is 1. The smallest absolute Gasteiger partial charge is 0.238 e. The normalized spacial score (nSPS) is 17.8. The first-order chi connectivity index (χ1) is 13.1. The Labute approximate surface area is 162 Å². The number of rotatable bonds is 5. The van der Waals surface area contributed by atoms with E-state index >= 15 is 0 Å². The van der Waals surface area contributed by atoms with Crippen LogP contribution in [0.3, 0.4) is 0 Å². The summed E-state index contributed by atoms with van der Waals surface area (Å²) in [6.45, 7) is 3.39. The number of halogens is 2. The van der Waals surface area contributed by atoms with Gasteiger partial charge in [0.25, 0.3) is 0 Å². The predicted octanol–water partition coefficient (Wildman–Crippen LogP) is 2.91. The highest BCUT2D eigenvalue weighted by Crippen LogP contribution is 2.39. The third-order valence-corrected chi connectivity index (χ3v) is 5.03. The molecule has 2 fully saturated rings. The maximum Gasteiger partial charge on any atom is 0.238 e. The molecule has 1 aliphatic carbocycles. The van der Waals surface area contributed by atoms with Crippen molar-refractivity contribution in [3.8, 4) is 0 Å². The van der Waals surface area contributed by atoms with Crippen molar-refractivity contribution in [1.82, 2.24) is 14.9 Å². The van der Waals surface area contributed by atoms with Crippen LogP contribution in [0.1, 0.15) is 24.6 Å². The summed E-state index contributed by atoms with van der Waals surface area (Å²) >= 11 is 6.16. The van der Waals surface area contributed by atoms with Crippen LogP contribution in [0.4, 0.5) is 15.9 Å². The Morgan fingerprint density at radius 3 is 2.52 bits per heavy atom. The summed E-state index contributed by atoms with van der Waals surface area (Å²) < 4.78 is 12.9. The van der Waals surface area contributed by atoms with E-state index in [9.17, 15) is 9.18 Å². The van der Waals surface area contributed by atoms with Crippen molar-refractivity contribution in [3.05, 3.63) is 47.1 Å². The summed E-state index contributed by atoms with van der Waals surface area (Å²) in [5.74, 6) is 1.75. The highest BCUT2D eigenvalue weighted by molar-refractivity contribution is 6.29. The lowest BCUT2D eigenvalue weighted by Crippen LogP contribution is -2.49. The van der Waals surface area contributed by atoms with E-state index < -0.39 is 0 Å². The molecule has 1 aromatic heterocycles. The van der Waals surface area contributed by atoms with Crippen LogP contribution in [-0.4, -0.2) is 53.5 Å². The molecule has 1 saturated heterocycles. The summed E-state index contributed by atoms with van der Waals surface area (Å²) in [4.78, 5) is 25.5. The largest absolute Gasteiger partial charge is 0.354 e. The van der Waals surface area contributed by atoms with Crippen molar-refractivity contribution >= 4 is 29.0 Å². The Balaban J connectivity index is 1.30. The fourth-order valence-electron chi connectivity index (χ4n) is 3.18. The zero-order valence-corrected chi connectivity index (χ0v) is 15.6. The van der Waals surface area contributed by atoms with Gasteiger partial charge in [0.15, 0.2) is 0 Å². The molecule has 0 atom stereocenters. The van der Waals surface area contributed by atoms with Crippen LogP contribution in [0.2, 0.25) is 5.15 Å². The quantitative estimate of drug-likeness (QED) is 0.797. The number of hydrogen-bond acceptors (Lipinski definition) is 5. The van der Waals surface area contributed by atoms with Crippen LogP contribution < -0.4 is 10.2 Å². The van der Waals surface area contributed by atoms with Crippen molar-refractivity contribution in [2.45, 2.75) is 18.8 Å². The van der Waals surface area contributed by atoms with Crippen LogP contribution in [0.5, 0.6) is 0 Å². The lowest BCUT2D eigenvalue weighted by atomic mass is 10.3. The molecule has 0 bridgehead atoms. The van der Waals surface area contributed by atoms with Crippen molar-refractivity contribution in [2.75, 3.05) is 42.9 Å². The molecular formula is C19H21ClFN5O. The van der Waals surface area contributed by atoms with E-state index in [-0.39, 0.29) is 11.7 Å². The minimum atomic E-state index is -0.321. The molecule has 2 aromatic rings. The maximum atomic E-state index is 12.9. The summed E-state index contributed by atoms with van der Waals surface area (Å²) in [5, 5.41) is 3.28. The minimum Gasteiger partial charge on any atom is -0.354 e. The molecule has 1 amide bonds. The third kappa shape index (κ3) is 4.73. The van der Waals surface area contributed by atoms with Gasteiger partial charge < -0.3 is 10.2 Å². The molecule has 0 radical (unpaired) electrons. The van der Waals surface area contributed by atoms with Gasteiger partial charge in [-0.15, -0.1) is 0 Å². The Morgan fingerprint density at radius 1 is 1.15 bits per heavy atom. The van der Waals surface area contributed by atoms with Crippen LogP contribution >= 0.6 is 11.6 Å². The molecule has 27 heavy (non-hydrogen) atoms. The van der Waals surface area contributed by atoms with Crippen molar-refractivity contribution in [1.29, 1.82) is 0 Å². The van der Waals surface area contributed by atoms with E-state index in [2.05, 4.69) is 25.1 Å². The first-order valence-corrected chi connectivity index (χ1v) is 9.52. The van der Waals surface area contributed by atoms with Gasteiger partial charge in [0.2, 0.25) is 5.91 Å². The summed E-state index contributed by atoms with van der Waals surface area (Å²) in [6.07, 6.45) is 2.27. The zero-order valence-electron chi connectivity index (χ0n) is 14.9. The molecule has 2 heterocycles. The first-order valence-electron chi connectivity index (χ1n) is 9.14. The van der Waals surface area contributed by atoms with Crippen LogP contribution in [0.15, 0.2) is 30.3 Å². The molecule has 1 N–H and O–H groups in total. The average molecular weight is 390 g/mol. The van der Waals surface area contributed by atoms with Gasteiger partial charge in [-0.3, -0.25) is 9.69 Å². The fourth-order valence-corrected chi connectivity index (χ4v) is 3.37. The van der Waals surface area contributed by atoms with Crippen molar-refractivity contribution in [3.63, 3.8) is 0 Å². The molecule has 1 saturated carbocycles. The Bertz CT molecular complexity index is 819. The highest BCUT2D eigenvalue weighted by atomic mass is 35.5. The number of nitrogens with zero attached hydrogens (tertiary/aromatic N) is 4. The number of piperazine rings is 1. The molecule has 0 unspecified atom stereocenters. The Hall–Kier alpha value is -2.25. The standard InChI is InChI=1S/C19H21ClFN5O/c20-16-11-17(24-19(23-16)13-1-2-13)26-9-7-25(8-10-26)12-18(27)22-15-5-3-14(21)4-6-15/h3-6,11,13H,1-2,7-10,12H2,(H,22,27). The third-order valence-electron chi connectivity index (χ3n) is 4.83. The maximum absolute atomic E-state index is 12.9. The number of nitrogens with one attached hydrogen (secondary N) is 1. The van der Waals surface area contributed by atoms with Crippen molar-refractivity contribution in [2.24, 2.45) is 0 Å². The van der Waals surface area contributed by atoms with Crippen LogP contribution in [0, 0.1) is 5.82 Å². The molecule has 6 nitrogen and oxygen atoms in total. The lowest BCUT2D eigenvalue weighted by molar-refractivity contribution is -0.117. The van der Waals surface area contributed by atoms with Gasteiger partial charge in [0.1, 0.15) is 22.6 Å². The summed E-state index contributed by atoms with van der Waals surface area (Å²) in [5.41, 5.74) is 0.600. The van der Waals surface area contributed by atoms with E-state index in [4.69, 9.17) is 11.6 Å². The van der Waals surface area contributed by atoms with Gasteiger partial charge >= 0.3 is 0 Å². The predicted molar refractivity (Wildman–Crippen MR) is 103 cm³/mol. The number of carbonyl (C=O) groups excluding carboxylic acids is 1. The van der Waals surface area contributed by atoms with Crippen LogP contribution in [-0.2, 0) is 4.79 Å². The monoisotopic (exact) mass is 389 g/mol. The van der Waals surface area contributed by atoms with Gasteiger partial charge in [0.05, 0.1) is 6.54 Å². The van der Waals surface area contributed by atoms with E-state index in [0.717, 1.165) is 50.7 Å². The summed E-state index contributed by atoms with van der Waals surface area (Å²) in [6, 6.07) is 7.58. The molecular weight excluding hydrogens is 369 g/mol. The molecule has 2 aliphatic rings. The minimum absolute atomic E-state index is 0.101. The summed E-state index contributed by atoms with van der Waals surface area (Å²) in [7, 11) is 0. The van der Waals surface area contributed by atoms with E-state index in [0.29, 0.717) is 23.3 Å². The average Bonchev–Trinajstić information content (AvgIpc) is 3.49. The number of amides is 1. The molecule has 4 rings (SSSR count). The second-order valence-corrected chi connectivity index (χ2v) is 7.39. The fraction of sp³-hybridized carbons (Fsp3) is 0.421. The molecule has 1 aromatic carbocycles. The van der Waals surface area contributed by atoms with E-state index in [1.165, 1.54) is 12.1 Å². The SMILES string of the molecule is O=C(CN1CCN(c2cc(Cl)nc(C3CC3)n2)CC1)Nc1ccc(F)cc1. The zero-order chi connectivity index (χ0) is 18.8. The Kier molecular flexibility index (Phi) is 5.22. The van der Waals surface area contributed by atoms with Gasteiger partial charge in [-0.2, -0.15) is 0 Å². The molecule has 8 heteroatoms. The number of anilines is 2. The van der Waals surface area contributed by atoms with Gasteiger partial charge in [0, 0.05) is 43.9 Å². The second-order valence-electron chi connectivity index (χ2n) is 7.00. The number of carbonyl (C=O) groups is 1. The number of benzene rings is 1. The number of aromatic nitrogens is 2. The topological polar surface area (TPSA) is 61.4 Å². The Morgan fingerprint density at radius 2 is 1.85 bits per heavy atom. The van der Waals surface area contributed by atoms with Gasteiger partial charge in [-0.05, 0) is 37.1 Å². The van der Waals surface area contributed by atoms with Gasteiger partial charge in [-0.1, -0.05) is 11.6 Å². The van der Waals surface area contributed by atoms with E-state index in [1.807, 2.05) is 6.07 Å². The van der Waals surface area contributed by atoms with Crippen molar-refractivity contribution < 1.29 is 9.18 Å². The second kappa shape index (κ2) is 7.78. The first kappa shape index (κ1) is 18.1. The molecule has 1 aliphatic heterocycles. The van der Waals surface area contributed by atoms with Gasteiger partial charge in [-0.25, -0.2) is 14.4 Å². The van der Waals surface area contributed by atoms with Crippen LogP contribution in [0.25, 0.3) is 0 Å². The lowest BCUT2D eigenvalue weighted by Gasteiger charge is -2.35. The highest BCUT2D eigenvalue weighted by Gasteiger charge is 2.28. The molecule has 0 spiro atoms. The van der Waals surface area contributed by atoms with E-state index in [1.54, 1.807) is 12.1 Å².